The monoisotopic (exact) mass is 392 g/mol. The maximum Gasteiger partial charge on any atom is 0.250 e. The molecule has 5 nitrogen and oxygen atoms in total. The number of hydrogen-bond donors (Lipinski definition) is 1. The number of carbonyl (C=O) groups excluding carboxylic acids is 1. The van der Waals surface area contributed by atoms with Crippen LogP contribution < -0.4 is 14.8 Å². The van der Waals surface area contributed by atoms with Crippen LogP contribution in [0.5, 0.6) is 11.5 Å². The van der Waals surface area contributed by atoms with Crippen LogP contribution in [0.3, 0.4) is 0 Å². The summed E-state index contributed by atoms with van der Waals surface area (Å²) in [6.45, 7) is 2.40. The minimum absolute atomic E-state index is 0.225. The van der Waals surface area contributed by atoms with E-state index in [2.05, 4.69) is 41.5 Å². The Morgan fingerprint density at radius 3 is 2.82 bits per heavy atom. The Morgan fingerprint density at radius 2 is 2.00 bits per heavy atom. The van der Waals surface area contributed by atoms with E-state index < -0.39 is 0 Å². The van der Waals surface area contributed by atoms with Gasteiger partial charge in [0.2, 0.25) is 12.7 Å². The first-order valence-electron chi connectivity index (χ1n) is 9.15. The van der Waals surface area contributed by atoms with E-state index in [1.54, 1.807) is 6.08 Å². The average Bonchev–Trinajstić information content (AvgIpc) is 3.36. The van der Waals surface area contributed by atoms with Crippen LogP contribution in [0.25, 0.3) is 17.3 Å². The quantitative estimate of drug-likeness (QED) is 0.590. The summed E-state index contributed by atoms with van der Waals surface area (Å²) < 4.78 is 10.6. The molecule has 28 heavy (non-hydrogen) atoms. The Labute approximate surface area is 167 Å². The van der Waals surface area contributed by atoms with E-state index in [1.807, 2.05) is 23.6 Å². The van der Waals surface area contributed by atoms with E-state index in [4.69, 9.17) is 9.47 Å². The highest BCUT2D eigenvalue weighted by Gasteiger charge is 2.12. The van der Waals surface area contributed by atoms with Gasteiger partial charge in [-0.05, 0) is 35.8 Å². The summed E-state index contributed by atoms with van der Waals surface area (Å²) in [5, 5.41) is 5.34. The van der Waals surface area contributed by atoms with Gasteiger partial charge in [-0.25, -0.2) is 4.98 Å². The molecule has 1 amide bonds. The predicted octanol–water partition coefficient (Wildman–Crippen LogP) is 5.14. The first kappa shape index (κ1) is 18.3. The number of anilines is 1. The highest BCUT2D eigenvalue weighted by atomic mass is 32.1. The van der Waals surface area contributed by atoms with Gasteiger partial charge in [0.15, 0.2) is 16.6 Å². The fourth-order valence-corrected chi connectivity index (χ4v) is 3.65. The van der Waals surface area contributed by atoms with Gasteiger partial charge in [0.05, 0.1) is 5.69 Å². The third-order valence-electron chi connectivity index (χ3n) is 4.35. The Balaban J connectivity index is 1.38. The first-order chi connectivity index (χ1) is 13.7. The molecule has 3 aromatic rings. The third kappa shape index (κ3) is 4.23. The molecule has 0 spiro atoms. The van der Waals surface area contributed by atoms with Crippen molar-refractivity contribution in [3.05, 3.63) is 65.0 Å². The molecular formula is C22H20N2O3S. The van der Waals surface area contributed by atoms with Gasteiger partial charge in [-0.1, -0.05) is 43.7 Å². The Bertz CT molecular complexity index is 1010. The van der Waals surface area contributed by atoms with Gasteiger partial charge < -0.3 is 9.47 Å². The molecule has 142 valence electrons. The van der Waals surface area contributed by atoms with Crippen LogP contribution in [-0.4, -0.2) is 17.7 Å². The number of benzene rings is 2. The molecule has 6 heteroatoms. The molecule has 0 radical (unpaired) electrons. The van der Waals surface area contributed by atoms with Gasteiger partial charge in [0.25, 0.3) is 0 Å². The van der Waals surface area contributed by atoms with Crippen LogP contribution in [0.4, 0.5) is 5.13 Å². The molecule has 0 atom stereocenters. The van der Waals surface area contributed by atoms with Crippen molar-refractivity contribution in [2.24, 2.45) is 0 Å². The zero-order chi connectivity index (χ0) is 19.3. The highest BCUT2D eigenvalue weighted by molar-refractivity contribution is 7.14. The molecule has 1 aliphatic heterocycles. The molecule has 1 N–H and O–H groups in total. The number of carbonyl (C=O) groups is 1. The predicted molar refractivity (Wildman–Crippen MR) is 112 cm³/mol. The fourth-order valence-electron chi connectivity index (χ4n) is 2.93. The van der Waals surface area contributed by atoms with Crippen LogP contribution in [-0.2, 0) is 11.2 Å². The van der Waals surface area contributed by atoms with Crippen molar-refractivity contribution in [1.29, 1.82) is 0 Å². The minimum atomic E-state index is -0.225. The van der Waals surface area contributed by atoms with E-state index in [-0.39, 0.29) is 12.7 Å². The number of fused-ring (bicyclic) bond motifs is 1. The molecule has 0 bridgehead atoms. The summed E-state index contributed by atoms with van der Waals surface area (Å²) in [7, 11) is 0. The average molecular weight is 392 g/mol. The van der Waals surface area contributed by atoms with Crippen LogP contribution in [0, 0.1) is 0 Å². The first-order valence-corrected chi connectivity index (χ1v) is 10.0. The zero-order valence-corrected chi connectivity index (χ0v) is 16.3. The molecule has 2 aromatic carbocycles. The number of nitrogens with one attached hydrogen (secondary N) is 1. The van der Waals surface area contributed by atoms with Crippen LogP contribution in [0.1, 0.15) is 24.5 Å². The molecule has 4 rings (SSSR count). The maximum atomic E-state index is 12.2. The molecule has 0 fully saturated rings. The number of rotatable bonds is 6. The van der Waals surface area contributed by atoms with Crippen LogP contribution >= 0.6 is 11.3 Å². The number of ether oxygens (including phenoxy) is 2. The van der Waals surface area contributed by atoms with E-state index in [1.165, 1.54) is 23.0 Å². The standard InChI is InChI=1S/C22H20N2O3S/c1-2-3-15-4-8-17(9-5-15)18-13-28-22(23-18)24-21(25)11-7-16-6-10-19-20(12-16)27-14-26-19/h4-13H,2-3,14H2,1H3,(H,23,24,25). The van der Waals surface area contributed by atoms with Crippen molar-refractivity contribution >= 4 is 28.5 Å². The molecule has 0 saturated heterocycles. The molecule has 1 aliphatic rings. The molecule has 0 unspecified atom stereocenters. The van der Waals surface area contributed by atoms with Gasteiger partial charge in [-0.3, -0.25) is 10.1 Å². The summed E-state index contributed by atoms with van der Waals surface area (Å²) in [5.74, 6) is 1.19. The number of thiazole rings is 1. The summed E-state index contributed by atoms with van der Waals surface area (Å²) in [6, 6.07) is 14.0. The van der Waals surface area contributed by atoms with Crippen molar-refractivity contribution in [1.82, 2.24) is 4.98 Å². The molecular weight excluding hydrogens is 372 g/mol. The second-order valence-electron chi connectivity index (χ2n) is 6.42. The lowest BCUT2D eigenvalue weighted by atomic mass is 10.1. The second-order valence-corrected chi connectivity index (χ2v) is 7.28. The van der Waals surface area contributed by atoms with Gasteiger partial charge in [-0.2, -0.15) is 0 Å². The Kier molecular flexibility index (Phi) is 5.39. The van der Waals surface area contributed by atoms with E-state index in [9.17, 15) is 4.79 Å². The number of aryl methyl sites for hydroxylation is 1. The molecule has 0 saturated carbocycles. The maximum absolute atomic E-state index is 12.2. The van der Waals surface area contributed by atoms with Crippen molar-refractivity contribution in [2.75, 3.05) is 12.1 Å². The van der Waals surface area contributed by atoms with Crippen molar-refractivity contribution in [3.63, 3.8) is 0 Å². The lowest BCUT2D eigenvalue weighted by Crippen LogP contribution is -2.07. The number of amides is 1. The lowest BCUT2D eigenvalue weighted by Gasteiger charge is -2.01. The summed E-state index contributed by atoms with van der Waals surface area (Å²) in [4.78, 5) is 16.7. The Morgan fingerprint density at radius 1 is 1.18 bits per heavy atom. The largest absolute Gasteiger partial charge is 0.454 e. The van der Waals surface area contributed by atoms with Crippen LogP contribution in [0.2, 0.25) is 0 Å². The van der Waals surface area contributed by atoms with Gasteiger partial charge in [0.1, 0.15) is 0 Å². The lowest BCUT2D eigenvalue weighted by molar-refractivity contribution is -0.111. The van der Waals surface area contributed by atoms with Gasteiger partial charge >= 0.3 is 0 Å². The third-order valence-corrected chi connectivity index (χ3v) is 5.10. The number of hydrogen-bond acceptors (Lipinski definition) is 5. The minimum Gasteiger partial charge on any atom is -0.454 e. The van der Waals surface area contributed by atoms with E-state index >= 15 is 0 Å². The van der Waals surface area contributed by atoms with Crippen molar-refractivity contribution < 1.29 is 14.3 Å². The van der Waals surface area contributed by atoms with Gasteiger partial charge in [-0.15, -0.1) is 11.3 Å². The van der Waals surface area contributed by atoms with Gasteiger partial charge in [0, 0.05) is 17.0 Å². The number of nitrogens with zero attached hydrogens (tertiary/aromatic N) is 1. The topological polar surface area (TPSA) is 60.5 Å². The molecule has 2 heterocycles. The smallest absolute Gasteiger partial charge is 0.250 e. The SMILES string of the molecule is CCCc1ccc(-c2csc(NC(=O)C=Cc3ccc4c(c3)OCO4)n2)cc1. The van der Waals surface area contributed by atoms with Crippen LogP contribution in [0.15, 0.2) is 53.9 Å². The summed E-state index contributed by atoms with van der Waals surface area (Å²) in [5.41, 5.74) is 4.10. The second kappa shape index (κ2) is 8.27. The van der Waals surface area contributed by atoms with Crippen molar-refractivity contribution in [3.8, 4) is 22.8 Å². The summed E-state index contributed by atoms with van der Waals surface area (Å²) in [6.07, 6.45) is 5.43. The molecule has 0 aliphatic carbocycles. The zero-order valence-electron chi connectivity index (χ0n) is 15.5. The van der Waals surface area contributed by atoms with Crippen molar-refractivity contribution in [2.45, 2.75) is 19.8 Å². The summed E-state index contributed by atoms with van der Waals surface area (Å²) >= 11 is 1.41. The highest BCUT2D eigenvalue weighted by Crippen LogP contribution is 2.32. The van der Waals surface area contributed by atoms with E-state index in [0.29, 0.717) is 10.9 Å². The normalized spacial score (nSPS) is 12.5. The Hall–Kier alpha value is -3.12. The number of aromatic nitrogens is 1. The van der Waals surface area contributed by atoms with E-state index in [0.717, 1.165) is 35.4 Å². The molecule has 1 aromatic heterocycles. The fraction of sp³-hybridized carbons (Fsp3) is 0.182.